The highest BCUT2D eigenvalue weighted by Crippen LogP contribution is 2.31. The predicted octanol–water partition coefficient (Wildman–Crippen LogP) is 2.01. The van der Waals surface area contributed by atoms with Crippen molar-refractivity contribution in [3.63, 3.8) is 0 Å². The maximum absolute atomic E-state index is 6.16. The molecular formula is C14H20N4O. The molecule has 0 saturated carbocycles. The lowest BCUT2D eigenvalue weighted by molar-refractivity contribution is 0.139. The number of piperidine rings is 1. The van der Waals surface area contributed by atoms with Crippen molar-refractivity contribution in [2.45, 2.75) is 12.8 Å². The SMILES string of the molecule is COCC1CCN(c2cc3[nH]ncc3cc2N)CC1. The number of methoxy groups -OCH3 is 1. The molecule has 5 heteroatoms. The molecule has 0 amide bonds. The number of nitrogens with zero attached hydrogens (tertiary/aromatic N) is 2. The molecule has 1 fully saturated rings. The van der Waals surface area contributed by atoms with Crippen molar-refractivity contribution in [1.82, 2.24) is 10.2 Å². The van der Waals surface area contributed by atoms with Gasteiger partial charge in [0.15, 0.2) is 0 Å². The second-order valence-corrected chi connectivity index (χ2v) is 5.25. The summed E-state index contributed by atoms with van der Waals surface area (Å²) in [6.07, 6.45) is 4.13. The van der Waals surface area contributed by atoms with E-state index in [1.54, 1.807) is 13.3 Å². The van der Waals surface area contributed by atoms with Gasteiger partial charge in [-0.2, -0.15) is 5.10 Å². The van der Waals surface area contributed by atoms with Crippen LogP contribution in [0.15, 0.2) is 18.3 Å². The molecule has 0 atom stereocenters. The van der Waals surface area contributed by atoms with Crippen molar-refractivity contribution in [3.8, 4) is 0 Å². The number of rotatable bonds is 3. The van der Waals surface area contributed by atoms with Crippen molar-refractivity contribution in [2.75, 3.05) is 37.4 Å². The van der Waals surface area contributed by atoms with Gasteiger partial charge in [-0.1, -0.05) is 0 Å². The number of anilines is 2. The van der Waals surface area contributed by atoms with Crippen LogP contribution in [-0.2, 0) is 4.74 Å². The van der Waals surface area contributed by atoms with Gasteiger partial charge < -0.3 is 15.4 Å². The first-order valence-corrected chi connectivity index (χ1v) is 6.74. The third-order valence-corrected chi connectivity index (χ3v) is 3.95. The van der Waals surface area contributed by atoms with Gasteiger partial charge in [0.2, 0.25) is 0 Å². The average Bonchev–Trinajstić information content (AvgIpc) is 2.86. The summed E-state index contributed by atoms with van der Waals surface area (Å²) < 4.78 is 5.24. The molecule has 1 aliphatic rings. The zero-order chi connectivity index (χ0) is 13.2. The Kier molecular flexibility index (Phi) is 3.29. The Labute approximate surface area is 112 Å². The summed E-state index contributed by atoms with van der Waals surface area (Å²) in [5.41, 5.74) is 9.16. The lowest BCUT2D eigenvalue weighted by Crippen LogP contribution is -2.35. The maximum Gasteiger partial charge on any atom is 0.0672 e. The van der Waals surface area contributed by atoms with Crippen molar-refractivity contribution in [2.24, 2.45) is 5.92 Å². The molecule has 1 aliphatic heterocycles. The zero-order valence-corrected chi connectivity index (χ0v) is 11.2. The van der Waals surface area contributed by atoms with Crippen molar-refractivity contribution in [1.29, 1.82) is 0 Å². The van der Waals surface area contributed by atoms with E-state index in [2.05, 4.69) is 21.2 Å². The molecule has 19 heavy (non-hydrogen) atoms. The average molecular weight is 260 g/mol. The van der Waals surface area contributed by atoms with Gasteiger partial charge in [-0.3, -0.25) is 5.10 Å². The van der Waals surface area contributed by atoms with Gasteiger partial charge in [0.05, 0.1) is 23.1 Å². The van der Waals surface area contributed by atoms with Crippen LogP contribution in [0, 0.1) is 5.92 Å². The van der Waals surface area contributed by atoms with E-state index in [4.69, 9.17) is 10.5 Å². The van der Waals surface area contributed by atoms with Crippen molar-refractivity contribution >= 4 is 22.3 Å². The molecule has 2 aromatic rings. The summed E-state index contributed by atoms with van der Waals surface area (Å²) in [6, 6.07) is 4.10. The van der Waals surface area contributed by atoms with Gasteiger partial charge in [-0.25, -0.2) is 0 Å². The van der Waals surface area contributed by atoms with Crippen LogP contribution < -0.4 is 10.6 Å². The molecule has 0 unspecified atom stereocenters. The lowest BCUT2D eigenvalue weighted by atomic mass is 9.97. The minimum Gasteiger partial charge on any atom is -0.397 e. The molecule has 0 radical (unpaired) electrons. The number of nitrogens with two attached hydrogens (primary N) is 1. The number of fused-ring (bicyclic) bond motifs is 1. The third kappa shape index (κ3) is 2.38. The zero-order valence-electron chi connectivity index (χ0n) is 11.2. The Bertz CT molecular complexity index is 558. The fourth-order valence-corrected chi connectivity index (χ4v) is 2.85. The number of hydrogen-bond donors (Lipinski definition) is 2. The second-order valence-electron chi connectivity index (χ2n) is 5.25. The fraction of sp³-hybridized carbons (Fsp3) is 0.500. The summed E-state index contributed by atoms with van der Waals surface area (Å²) in [7, 11) is 1.77. The van der Waals surface area contributed by atoms with E-state index < -0.39 is 0 Å². The Morgan fingerprint density at radius 3 is 2.95 bits per heavy atom. The summed E-state index contributed by atoms with van der Waals surface area (Å²) in [4.78, 5) is 2.36. The van der Waals surface area contributed by atoms with Crippen LogP contribution in [0.3, 0.4) is 0 Å². The minimum absolute atomic E-state index is 0.679. The van der Waals surface area contributed by atoms with E-state index >= 15 is 0 Å². The number of aromatic nitrogens is 2. The number of benzene rings is 1. The monoisotopic (exact) mass is 260 g/mol. The molecule has 0 spiro atoms. The van der Waals surface area contributed by atoms with E-state index in [9.17, 15) is 0 Å². The van der Waals surface area contributed by atoms with E-state index in [0.717, 1.165) is 54.8 Å². The molecular weight excluding hydrogens is 240 g/mol. The second kappa shape index (κ2) is 5.09. The van der Waals surface area contributed by atoms with Gasteiger partial charge in [0.25, 0.3) is 0 Å². The Morgan fingerprint density at radius 2 is 2.21 bits per heavy atom. The van der Waals surface area contributed by atoms with Crippen LogP contribution in [0.2, 0.25) is 0 Å². The fourth-order valence-electron chi connectivity index (χ4n) is 2.85. The van der Waals surface area contributed by atoms with E-state index in [1.165, 1.54) is 0 Å². The lowest BCUT2D eigenvalue weighted by Gasteiger charge is -2.34. The highest BCUT2D eigenvalue weighted by atomic mass is 16.5. The van der Waals surface area contributed by atoms with Gasteiger partial charge in [0.1, 0.15) is 0 Å². The number of ether oxygens (including phenoxy) is 1. The summed E-state index contributed by atoms with van der Waals surface area (Å²) in [5.74, 6) is 0.679. The summed E-state index contributed by atoms with van der Waals surface area (Å²) in [6.45, 7) is 2.94. The van der Waals surface area contributed by atoms with E-state index in [1.807, 2.05) is 6.07 Å². The first-order valence-electron chi connectivity index (χ1n) is 6.74. The molecule has 1 aromatic carbocycles. The van der Waals surface area contributed by atoms with Gasteiger partial charge in [-0.05, 0) is 30.9 Å². The van der Waals surface area contributed by atoms with Crippen LogP contribution in [0.1, 0.15) is 12.8 Å². The van der Waals surface area contributed by atoms with Gasteiger partial charge in [0, 0.05) is 32.2 Å². The molecule has 0 bridgehead atoms. The summed E-state index contributed by atoms with van der Waals surface area (Å²) in [5, 5.41) is 8.12. The van der Waals surface area contributed by atoms with Crippen LogP contribution in [-0.4, -0.2) is 37.0 Å². The van der Waals surface area contributed by atoms with Crippen LogP contribution >= 0.6 is 0 Å². The molecule has 3 N–H and O–H groups in total. The maximum atomic E-state index is 6.16. The predicted molar refractivity (Wildman–Crippen MR) is 77.3 cm³/mol. The quantitative estimate of drug-likeness (QED) is 0.828. The standard InChI is InChI=1S/C14H20N4O/c1-19-9-10-2-4-18(5-3-10)14-7-13-11(6-12(14)15)8-16-17-13/h6-8,10H,2-5,9,15H2,1H3,(H,16,17). The van der Waals surface area contributed by atoms with Crippen LogP contribution in [0.5, 0.6) is 0 Å². The van der Waals surface area contributed by atoms with Crippen molar-refractivity contribution in [3.05, 3.63) is 18.3 Å². The molecule has 5 nitrogen and oxygen atoms in total. The number of aromatic amines is 1. The molecule has 102 valence electrons. The van der Waals surface area contributed by atoms with Crippen LogP contribution in [0.4, 0.5) is 11.4 Å². The highest BCUT2D eigenvalue weighted by Gasteiger charge is 2.21. The third-order valence-electron chi connectivity index (χ3n) is 3.95. The Hall–Kier alpha value is -1.75. The van der Waals surface area contributed by atoms with Gasteiger partial charge >= 0.3 is 0 Å². The Morgan fingerprint density at radius 1 is 1.42 bits per heavy atom. The topological polar surface area (TPSA) is 67.2 Å². The number of nitrogens with one attached hydrogen (secondary N) is 1. The molecule has 0 aliphatic carbocycles. The normalized spacial score (nSPS) is 17.2. The molecule has 2 heterocycles. The number of nitrogen functional groups attached to an aromatic ring is 1. The first kappa shape index (κ1) is 12.3. The minimum atomic E-state index is 0.679. The van der Waals surface area contributed by atoms with E-state index in [0.29, 0.717) is 5.92 Å². The largest absolute Gasteiger partial charge is 0.397 e. The number of hydrogen-bond acceptors (Lipinski definition) is 4. The summed E-state index contributed by atoms with van der Waals surface area (Å²) >= 11 is 0. The number of H-pyrrole nitrogens is 1. The van der Waals surface area contributed by atoms with E-state index in [-0.39, 0.29) is 0 Å². The molecule has 3 rings (SSSR count). The van der Waals surface area contributed by atoms with Crippen molar-refractivity contribution < 1.29 is 4.74 Å². The first-order chi connectivity index (χ1) is 9.28. The molecule has 1 saturated heterocycles. The Balaban J connectivity index is 1.79. The van der Waals surface area contributed by atoms with Gasteiger partial charge in [-0.15, -0.1) is 0 Å². The van der Waals surface area contributed by atoms with Crippen LogP contribution in [0.25, 0.3) is 10.9 Å². The highest BCUT2D eigenvalue weighted by molar-refractivity contribution is 5.88. The molecule has 1 aromatic heterocycles. The smallest absolute Gasteiger partial charge is 0.0672 e.